The molecule has 0 fully saturated rings. The zero-order valence-corrected chi connectivity index (χ0v) is 78.9. The van der Waals surface area contributed by atoms with Gasteiger partial charge in [-0.1, -0.05) is 340 Å². The monoisotopic (exact) mass is 1860 g/mol. The van der Waals surface area contributed by atoms with Crippen molar-refractivity contribution in [3.8, 4) is 237 Å². The van der Waals surface area contributed by atoms with Crippen LogP contribution in [0.2, 0.25) is 0 Å². The first-order chi connectivity index (χ1) is 72.3. The number of benzene rings is 22. The predicted molar refractivity (Wildman–Crippen MR) is 592 cm³/mol. The molecule has 0 saturated carbocycles. The summed E-state index contributed by atoms with van der Waals surface area (Å²) in [5, 5.41) is 0. The molecule has 8 nitrogen and oxygen atoms in total. The molecular weight excluding hydrogens is 1780 g/mol. The molecule has 33 rings (SSSR count). The maximum Gasteiger partial charge on any atom is 0.270 e. The summed E-state index contributed by atoms with van der Waals surface area (Å²) in [7, 11) is 0. The van der Waals surface area contributed by atoms with Crippen molar-refractivity contribution in [3.63, 3.8) is 0 Å². The van der Waals surface area contributed by atoms with E-state index >= 15 is 0 Å². The van der Waals surface area contributed by atoms with E-state index in [2.05, 4.69) is 370 Å². The van der Waals surface area contributed by atoms with Gasteiger partial charge in [0.1, 0.15) is 92.0 Å². The third kappa shape index (κ3) is 12.9. The summed E-state index contributed by atoms with van der Waals surface area (Å²) in [5.41, 5.74) is 50.3. The molecule has 0 unspecified atom stereocenters. The van der Waals surface area contributed by atoms with Crippen molar-refractivity contribution < 1.29 is 37.9 Å². The van der Waals surface area contributed by atoms with Gasteiger partial charge in [0.2, 0.25) is 0 Å². The van der Waals surface area contributed by atoms with Crippen LogP contribution in [0.15, 0.2) is 455 Å². The van der Waals surface area contributed by atoms with Crippen LogP contribution in [-0.2, 0) is 19.3 Å². The highest BCUT2D eigenvalue weighted by Gasteiger charge is 2.50. The number of fused-ring (bicyclic) bond motifs is 13. The van der Waals surface area contributed by atoms with E-state index in [1.807, 2.05) is 84.9 Å². The van der Waals surface area contributed by atoms with Gasteiger partial charge in [-0.05, 0) is 323 Å². The number of hydrogen-bond acceptors (Lipinski definition) is 8. The highest BCUT2D eigenvalue weighted by Crippen LogP contribution is 2.54. The Labute approximate surface area is 845 Å². The number of hydrogen-bond donors (Lipinski definition) is 0. The molecule has 0 saturated heterocycles. The summed E-state index contributed by atoms with van der Waals surface area (Å²) in [6, 6.07) is 162. The first-order valence-electron chi connectivity index (χ1n) is 50.3. The van der Waals surface area contributed by atoms with Gasteiger partial charge < -0.3 is 37.9 Å². The van der Waals surface area contributed by atoms with Gasteiger partial charge in [-0.2, -0.15) is 0 Å². The van der Waals surface area contributed by atoms with E-state index in [4.69, 9.17) is 37.9 Å². The molecule has 11 heteroatoms. The van der Waals surface area contributed by atoms with Crippen LogP contribution in [0, 0.1) is 0 Å². The lowest BCUT2D eigenvalue weighted by Gasteiger charge is -2.37. The van der Waals surface area contributed by atoms with Crippen molar-refractivity contribution in [2.45, 2.75) is 19.3 Å². The molecule has 22 aromatic rings. The molecule has 0 N–H and O–H groups in total. The molecule has 0 aromatic heterocycles. The normalized spacial score (nSPS) is 13.2. The van der Waals surface area contributed by atoms with E-state index in [9.17, 15) is 0 Å². The number of para-hydroxylation sites is 2. The Morgan fingerprint density at radius 3 is 0.623 bits per heavy atom. The van der Waals surface area contributed by atoms with Crippen molar-refractivity contribution in [2.75, 3.05) is 0 Å². The Kier molecular flexibility index (Phi) is 18.3. The fourth-order valence-corrected chi connectivity index (χ4v) is 25.1. The Morgan fingerprint density at radius 1 is 0.116 bits per heavy atom. The molecule has 3 aliphatic carbocycles. The molecule has 8 heterocycles. The summed E-state index contributed by atoms with van der Waals surface area (Å²) < 4.78 is 52.5. The first kappa shape index (κ1) is 82.2. The summed E-state index contributed by atoms with van der Waals surface area (Å²) >= 11 is 0. The summed E-state index contributed by atoms with van der Waals surface area (Å²) in [4.78, 5) is 0. The van der Waals surface area contributed by atoms with E-state index in [1.165, 1.54) is 161 Å². The van der Waals surface area contributed by atoms with Crippen LogP contribution in [0.4, 0.5) is 0 Å². The molecule has 0 atom stereocenters. The smallest absolute Gasteiger partial charge is 0.270 e. The third-order valence-corrected chi connectivity index (χ3v) is 31.6. The molecule has 146 heavy (non-hydrogen) atoms. The lowest BCUT2D eigenvalue weighted by Crippen LogP contribution is -2.59. The van der Waals surface area contributed by atoms with Gasteiger partial charge in [0.15, 0.2) is 0 Å². The molecule has 22 aromatic carbocycles. The fourth-order valence-electron chi connectivity index (χ4n) is 25.1. The van der Waals surface area contributed by atoms with Crippen LogP contribution in [0.5, 0.6) is 92.0 Å². The van der Waals surface area contributed by atoms with E-state index in [0.29, 0.717) is 0 Å². The zero-order valence-electron chi connectivity index (χ0n) is 78.9. The minimum atomic E-state index is -0.0109. The lowest BCUT2D eigenvalue weighted by atomic mass is 9.34. The quantitative estimate of drug-likeness (QED) is 0.125. The lowest BCUT2D eigenvalue weighted by molar-refractivity contribution is 0.442. The van der Waals surface area contributed by atoms with Crippen LogP contribution in [0.3, 0.4) is 0 Å². The zero-order chi connectivity index (χ0) is 95.5. The van der Waals surface area contributed by atoms with Crippen molar-refractivity contribution in [2.24, 2.45) is 0 Å². The minimum Gasteiger partial charge on any atom is -0.458 e. The van der Waals surface area contributed by atoms with Gasteiger partial charge in [0.25, 0.3) is 20.1 Å². The summed E-state index contributed by atoms with van der Waals surface area (Å²) in [5.74, 6) is 13.6. The van der Waals surface area contributed by atoms with Crippen LogP contribution >= 0.6 is 0 Å². The van der Waals surface area contributed by atoms with Crippen LogP contribution in [0.25, 0.3) is 145 Å². The second-order valence-electron chi connectivity index (χ2n) is 39.5. The van der Waals surface area contributed by atoms with Gasteiger partial charge in [-0.3, -0.25) is 0 Å². The van der Waals surface area contributed by atoms with Crippen molar-refractivity contribution in [1.29, 1.82) is 0 Å². The molecule has 11 aliphatic rings. The second-order valence-corrected chi connectivity index (χ2v) is 39.5. The van der Waals surface area contributed by atoms with Gasteiger partial charge in [0, 0.05) is 38.2 Å². The van der Waals surface area contributed by atoms with Gasteiger partial charge in [-0.25, -0.2) is 0 Å². The number of rotatable bonds is 10. The Bertz CT molecular complexity index is 9120. The van der Waals surface area contributed by atoms with Crippen LogP contribution in [-0.4, -0.2) is 20.1 Å². The van der Waals surface area contributed by atoms with E-state index in [0.717, 1.165) is 177 Å². The van der Waals surface area contributed by atoms with Crippen molar-refractivity contribution in [1.82, 2.24) is 0 Å². The Balaban J connectivity index is 0.0000000998. The van der Waals surface area contributed by atoms with E-state index in [-0.39, 0.29) is 20.1 Å². The maximum absolute atomic E-state index is 6.73. The molecule has 0 radical (unpaired) electrons. The van der Waals surface area contributed by atoms with Gasteiger partial charge >= 0.3 is 0 Å². The number of ether oxygens (including phenoxy) is 8. The highest BCUT2D eigenvalue weighted by molar-refractivity contribution is 7.01. The topological polar surface area (TPSA) is 73.8 Å². The Morgan fingerprint density at radius 2 is 0.295 bits per heavy atom. The van der Waals surface area contributed by atoms with Gasteiger partial charge in [-0.15, -0.1) is 0 Å². The van der Waals surface area contributed by atoms with Gasteiger partial charge in [0.05, 0.1) is 0 Å². The summed E-state index contributed by atoms with van der Waals surface area (Å²) in [6.45, 7) is 0.0931. The predicted octanol–water partition coefficient (Wildman–Crippen LogP) is 28.8. The van der Waals surface area contributed by atoms with Crippen LogP contribution < -0.4 is 87.1 Å². The summed E-state index contributed by atoms with van der Waals surface area (Å²) in [6.07, 6.45) is 2.68. The SMILES string of the molecule is c1ccc(-c2cc(-c3cc4c5c(c3)Oc3cccc6c3B5c3c(cccc3O4)O6)cc(-c3cccc4c3Cc3c(-c5ccccc5)cccc3-4)c2)cc1.c1ccc(-c2ccc(-c3cccc4c3Cc3c(-c5cc6c7c(c5)Oc5ccccc5B7c5ccccc5O6)cccc3-4)cc2)cc1.c1ccc(-c2cccc3c2Cc2c(-c4ccc(-c5cc6c7c(c5)Oc5cccc8c5B7c5c(cccc5O6)O8)cc4)cccc2-3)cc1. The van der Waals surface area contributed by atoms with Crippen LogP contribution in [0.1, 0.15) is 33.4 Å². The minimum absolute atomic E-state index is 0.0109. The van der Waals surface area contributed by atoms with E-state index < -0.39 is 0 Å². The van der Waals surface area contributed by atoms with E-state index in [1.54, 1.807) is 0 Å². The Hall–Kier alpha value is -18.6. The van der Waals surface area contributed by atoms with Crippen molar-refractivity contribution in [3.05, 3.63) is 488 Å². The molecule has 678 valence electrons. The average molecular weight is 1860 g/mol. The highest BCUT2D eigenvalue weighted by atomic mass is 16.5. The molecule has 8 aliphatic heterocycles. The molecule has 0 amide bonds. The van der Waals surface area contributed by atoms with Crippen molar-refractivity contribution >= 4 is 69.3 Å². The molecule has 0 bridgehead atoms. The standard InChI is InChI=1S/C49H29BO3.C43H25BO3.C43H27BO2/c1-3-11-29(12-4-1)31-23-32(25-34(24-31)36-16-8-18-38-37-17-7-15-35(39(37)28-40(36)38)30-13-5-2-6-14-30)33-26-45-49-46(27-33)53-44-22-10-20-42-48(44)50(49)47-41(51-42)19-9-21-43(47)52-45;1-2-8-26(9-3-1)29-10-4-12-31-32-13-5-11-30(34(32)24-33(29)31)27-20-18-25(19-21-27)28-22-39-43-40(23-28)47-38-17-7-15-36-42(38)44(43)41-35(45-36)14-6-16-37(41)46-39;1-2-10-27(11-3-1)28-20-22-29(23-21-28)31-12-8-14-33-34-15-9-13-32(36(34)26-35(31)33)30-24-41-43-42(25-30)46-40-19-7-5-17-38(40)44(43)37-16-4-6-18-39(37)45-41/h1-27H,28H2;1-23H,24H2;1-25H,26H2. The largest absolute Gasteiger partial charge is 0.458 e. The molecule has 0 spiro atoms. The first-order valence-corrected chi connectivity index (χ1v) is 50.3. The fraction of sp³-hybridized carbons (Fsp3) is 0.0222. The average Bonchev–Trinajstić information content (AvgIpc) is 0.899. The third-order valence-electron chi connectivity index (χ3n) is 31.6. The molecular formula is C135H81B3O8. The maximum atomic E-state index is 6.73. The second kappa shape index (κ2) is 32.5.